The molecule has 2 aromatic rings. The van der Waals surface area contributed by atoms with E-state index in [9.17, 15) is 4.39 Å². The average Bonchev–Trinajstić information content (AvgIpc) is 2.75. The highest BCUT2D eigenvalue weighted by atomic mass is 35.5. The number of benzene rings is 1. The van der Waals surface area contributed by atoms with Gasteiger partial charge in [0.25, 0.3) is 0 Å². The summed E-state index contributed by atoms with van der Waals surface area (Å²) in [5, 5.41) is 3.44. The van der Waals surface area contributed by atoms with E-state index in [1.54, 1.807) is 18.3 Å². The summed E-state index contributed by atoms with van der Waals surface area (Å²) in [4.78, 5) is 4.24. The molecule has 1 heterocycles. The van der Waals surface area contributed by atoms with Gasteiger partial charge in [0.2, 0.25) is 0 Å². The highest BCUT2D eigenvalue weighted by Gasteiger charge is 2.01. The number of hydrogen-bond donors (Lipinski definition) is 1. The van der Waals surface area contributed by atoms with Crippen LogP contribution in [0.4, 0.5) is 4.39 Å². The fourth-order valence-electron chi connectivity index (χ4n) is 1.72. The number of aryl methyl sites for hydroxylation is 1. The zero-order chi connectivity index (χ0) is 13.0. The Bertz CT molecular complexity index is 525. The maximum absolute atomic E-state index is 13.0. The smallest absolute Gasteiger partial charge is 0.141 e. The molecule has 1 aromatic carbocycles. The molecule has 0 fully saturated rings. The number of halogens is 2. The normalized spacial score (nSPS) is 10.8. The van der Waals surface area contributed by atoms with Crippen LogP contribution >= 0.6 is 11.6 Å². The molecule has 0 amide bonds. The van der Waals surface area contributed by atoms with Gasteiger partial charge in [0, 0.05) is 39.0 Å². The molecule has 0 saturated heterocycles. The molecule has 0 aliphatic heterocycles. The number of aromatic nitrogens is 2. The van der Waals surface area contributed by atoms with Crippen molar-refractivity contribution in [2.24, 2.45) is 7.05 Å². The number of hydrogen-bond acceptors (Lipinski definition) is 2. The number of rotatable bonds is 5. The van der Waals surface area contributed by atoms with Crippen molar-refractivity contribution in [2.75, 3.05) is 6.54 Å². The van der Waals surface area contributed by atoms with Crippen LogP contribution in [0.3, 0.4) is 0 Å². The van der Waals surface area contributed by atoms with Crippen LogP contribution in [-0.4, -0.2) is 16.1 Å². The zero-order valence-corrected chi connectivity index (χ0v) is 10.9. The highest BCUT2D eigenvalue weighted by Crippen LogP contribution is 2.15. The Morgan fingerprint density at radius 2 is 2.28 bits per heavy atom. The fourth-order valence-corrected chi connectivity index (χ4v) is 1.92. The summed E-state index contributed by atoms with van der Waals surface area (Å²) >= 11 is 5.71. The first-order valence-corrected chi connectivity index (χ1v) is 6.15. The second-order valence-electron chi connectivity index (χ2n) is 4.13. The lowest BCUT2D eigenvalue weighted by Crippen LogP contribution is -2.18. The van der Waals surface area contributed by atoms with E-state index in [0.29, 0.717) is 6.54 Å². The van der Waals surface area contributed by atoms with Crippen LogP contribution in [0.1, 0.15) is 11.4 Å². The summed E-state index contributed by atoms with van der Waals surface area (Å²) < 4.78 is 15.0. The molecule has 0 radical (unpaired) electrons. The van der Waals surface area contributed by atoms with Crippen LogP contribution in [0.15, 0.2) is 30.6 Å². The third-order valence-electron chi connectivity index (χ3n) is 2.76. The maximum atomic E-state index is 13.0. The quantitative estimate of drug-likeness (QED) is 0.844. The molecule has 1 N–H and O–H groups in total. The van der Waals surface area contributed by atoms with E-state index in [2.05, 4.69) is 10.3 Å². The molecule has 0 aliphatic carbocycles. The van der Waals surface area contributed by atoms with Gasteiger partial charge in [-0.2, -0.15) is 0 Å². The van der Waals surface area contributed by atoms with Crippen LogP contribution in [0.25, 0.3) is 0 Å². The molecule has 0 saturated carbocycles. The molecule has 0 bridgehead atoms. The van der Waals surface area contributed by atoms with E-state index < -0.39 is 0 Å². The average molecular weight is 268 g/mol. The second-order valence-corrected chi connectivity index (χ2v) is 4.54. The van der Waals surface area contributed by atoms with E-state index in [-0.39, 0.29) is 10.8 Å². The summed E-state index contributed by atoms with van der Waals surface area (Å²) in [5.41, 5.74) is 0.973. The Balaban J connectivity index is 1.78. The van der Waals surface area contributed by atoms with Gasteiger partial charge in [-0.1, -0.05) is 17.7 Å². The van der Waals surface area contributed by atoms with E-state index in [1.165, 1.54) is 6.07 Å². The summed E-state index contributed by atoms with van der Waals surface area (Å²) in [6, 6.07) is 4.76. The third kappa shape index (κ3) is 3.31. The SMILES string of the molecule is Cn1ccnc1CCNCc1ccc(F)c(Cl)c1. The molecule has 18 heavy (non-hydrogen) atoms. The van der Waals surface area contributed by atoms with Crippen molar-refractivity contribution in [2.45, 2.75) is 13.0 Å². The van der Waals surface area contributed by atoms with E-state index >= 15 is 0 Å². The minimum atomic E-state index is -0.381. The van der Waals surface area contributed by atoms with Crippen LogP contribution < -0.4 is 5.32 Å². The standard InChI is InChI=1S/C13H15ClFN3/c1-18-7-6-17-13(18)4-5-16-9-10-2-3-12(15)11(14)8-10/h2-3,6-8,16H,4-5,9H2,1H3. The molecule has 5 heteroatoms. The lowest BCUT2D eigenvalue weighted by atomic mass is 10.2. The van der Waals surface area contributed by atoms with Crippen molar-refractivity contribution in [3.05, 3.63) is 52.8 Å². The van der Waals surface area contributed by atoms with Crippen molar-refractivity contribution < 1.29 is 4.39 Å². The minimum Gasteiger partial charge on any atom is -0.338 e. The van der Waals surface area contributed by atoms with Gasteiger partial charge < -0.3 is 9.88 Å². The van der Waals surface area contributed by atoms with E-state index in [1.807, 2.05) is 17.8 Å². The Morgan fingerprint density at radius 3 is 2.94 bits per heavy atom. The molecule has 0 spiro atoms. The first-order chi connectivity index (χ1) is 8.66. The summed E-state index contributed by atoms with van der Waals surface area (Å²) in [6.07, 6.45) is 4.57. The predicted molar refractivity (Wildman–Crippen MR) is 70.0 cm³/mol. The van der Waals surface area contributed by atoms with E-state index in [4.69, 9.17) is 11.6 Å². The van der Waals surface area contributed by atoms with Crippen LogP contribution in [-0.2, 0) is 20.0 Å². The Morgan fingerprint density at radius 1 is 1.44 bits per heavy atom. The topological polar surface area (TPSA) is 29.9 Å². The van der Waals surface area contributed by atoms with Crippen molar-refractivity contribution in [1.29, 1.82) is 0 Å². The molecule has 0 unspecified atom stereocenters. The molecule has 3 nitrogen and oxygen atoms in total. The van der Waals surface area contributed by atoms with Gasteiger partial charge >= 0.3 is 0 Å². The minimum absolute atomic E-state index is 0.165. The third-order valence-corrected chi connectivity index (χ3v) is 3.05. The number of imidazole rings is 1. The Kier molecular flexibility index (Phi) is 4.33. The van der Waals surface area contributed by atoms with Crippen molar-refractivity contribution in [3.8, 4) is 0 Å². The molecular formula is C13H15ClFN3. The van der Waals surface area contributed by atoms with Crippen LogP contribution in [0.2, 0.25) is 5.02 Å². The second kappa shape index (κ2) is 5.98. The molecule has 2 rings (SSSR count). The number of nitrogens with zero attached hydrogens (tertiary/aromatic N) is 2. The van der Waals surface area contributed by atoms with Gasteiger partial charge in [0.05, 0.1) is 5.02 Å². The van der Waals surface area contributed by atoms with Gasteiger partial charge in [0.15, 0.2) is 0 Å². The molecule has 0 atom stereocenters. The predicted octanol–water partition coefficient (Wildman–Crippen LogP) is 2.54. The van der Waals surface area contributed by atoms with Crippen LogP contribution in [0, 0.1) is 5.82 Å². The lowest BCUT2D eigenvalue weighted by molar-refractivity contribution is 0.624. The monoisotopic (exact) mass is 267 g/mol. The highest BCUT2D eigenvalue weighted by molar-refractivity contribution is 6.30. The molecule has 1 aromatic heterocycles. The maximum Gasteiger partial charge on any atom is 0.141 e. The first kappa shape index (κ1) is 13.1. The van der Waals surface area contributed by atoms with Gasteiger partial charge in [0.1, 0.15) is 11.6 Å². The molecule has 96 valence electrons. The zero-order valence-electron chi connectivity index (χ0n) is 10.2. The van der Waals surface area contributed by atoms with Gasteiger partial charge in [-0.15, -0.1) is 0 Å². The summed E-state index contributed by atoms with van der Waals surface area (Å²) in [5.74, 6) is 0.660. The van der Waals surface area contributed by atoms with Crippen molar-refractivity contribution >= 4 is 11.6 Å². The lowest BCUT2D eigenvalue weighted by Gasteiger charge is -2.06. The van der Waals surface area contributed by atoms with E-state index in [0.717, 1.165) is 24.4 Å². The van der Waals surface area contributed by atoms with Gasteiger partial charge in [-0.05, 0) is 17.7 Å². The number of nitrogens with one attached hydrogen (secondary N) is 1. The Labute approximate surface area is 111 Å². The largest absolute Gasteiger partial charge is 0.338 e. The van der Waals surface area contributed by atoms with Gasteiger partial charge in [-0.25, -0.2) is 9.37 Å². The summed E-state index contributed by atoms with van der Waals surface area (Å²) in [7, 11) is 1.97. The van der Waals surface area contributed by atoms with Gasteiger partial charge in [-0.3, -0.25) is 0 Å². The summed E-state index contributed by atoms with van der Waals surface area (Å²) in [6.45, 7) is 1.49. The molecule has 0 aliphatic rings. The van der Waals surface area contributed by atoms with Crippen molar-refractivity contribution in [1.82, 2.24) is 14.9 Å². The Hall–Kier alpha value is -1.39. The van der Waals surface area contributed by atoms with Crippen LogP contribution in [0.5, 0.6) is 0 Å². The first-order valence-electron chi connectivity index (χ1n) is 5.77. The van der Waals surface area contributed by atoms with Crippen molar-refractivity contribution in [3.63, 3.8) is 0 Å². The molecular weight excluding hydrogens is 253 g/mol. The fraction of sp³-hybridized carbons (Fsp3) is 0.308.